The van der Waals surface area contributed by atoms with E-state index in [4.69, 9.17) is 4.98 Å². The van der Waals surface area contributed by atoms with Crippen LogP contribution in [-0.2, 0) is 13.1 Å². The van der Waals surface area contributed by atoms with Gasteiger partial charge in [0, 0.05) is 37.9 Å². The lowest BCUT2D eigenvalue weighted by molar-refractivity contribution is 0.227. The average Bonchev–Trinajstić information content (AvgIpc) is 3.57. The zero-order valence-corrected chi connectivity index (χ0v) is 20.6. The van der Waals surface area contributed by atoms with Crippen molar-refractivity contribution in [3.05, 3.63) is 45.4 Å². The summed E-state index contributed by atoms with van der Waals surface area (Å²) in [5.74, 6) is 2.34. The SMILES string of the molecule is CCCN(C1C2CCC1CC(c1nc3c([nH]1)c(=O)n(CCC)c(=O)n3CCC)C2)n1ccnc1. The van der Waals surface area contributed by atoms with Crippen molar-refractivity contribution in [2.45, 2.75) is 90.8 Å². The topological polar surface area (TPSA) is 93.7 Å². The Bertz CT molecular complexity index is 1220. The van der Waals surface area contributed by atoms with E-state index in [2.05, 4.69) is 32.8 Å². The van der Waals surface area contributed by atoms with E-state index in [0.29, 0.717) is 42.1 Å². The van der Waals surface area contributed by atoms with E-state index in [1.54, 1.807) is 4.57 Å². The summed E-state index contributed by atoms with van der Waals surface area (Å²) in [6.07, 6.45) is 13.0. The Balaban J connectivity index is 1.48. The highest BCUT2D eigenvalue weighted by Crippen LogP contribution is 2.49. The zero-order chi connectivity index (χ0) is 23.8. The van der Waals surface area contributed by atoms with Gasteiger partial charge in [-0.25, -0.2) is 14.8 Å². The highest BCUT2D eigenvalue weighted by atomic mass is 16.2. The van der Waals surface area contributed by atoms with Gasteiger partial charge in [-0.15, -0.1) is 0 Å². The first kappa shape index (κ1) is 22.9. The maximum absolute atomic E-state index is 13.1. The molecule has 3 aromatic heterocycles. The fraction of sp³-hybridized carbons (Fsp3) is 0.680. The van der Waals surface area contributed by atoms with Crippen molar-refractivity contribution >= 4 is 11.2 Å². The van der Waals surface area contributed by atoms with Crippen molar-refractivity contribution in [2.75, 3.05) is 11.6 Å². The summed E-state index contributed by atoms with van der Waals surface area (Å²) in [5, 5.41) is 2.51. The van der Waals surface area contributed by atoms with Crippen molar-refractivity contribution in [1.29, 1.82) is 0 Å². The lowest BCUT2D eigenvalue weighted by atomic mass is 9.76. The zero-order valence-electron chi connectivity index (χ0n) is 20.6. The molecule has 2 aliphatic carbocycles. The number of nitrogens with one attached hydrogen (secondary N) is 1. The Morgan fingerprint density at radius 2 is 1.74 bits per heavy atom. The minimum absolute atomic E-state index is 0.237. The van der Waals surface area contributed by atoms with Crippen LogP contribution in [0.25, 0.3) is 11.2 Å². The number of imidazole rings is 2. The molecule has 2 bridgehead atoms. The Hall–Kier alpha value is -2.84. The highest BCUT2D eigenvalue weighted by molar-refractivity contribution is 5.70. The molecule has 9 heteroatoms. The van der Waals surface area contributed by atoms with Crippen LogP contribution in [0.2, 0.25) is 0 Å². The molecule has 0 saturated heterocycles. The fourth-order valence-corrected chi connectivity index (χ4v) is 6.48. The van der Waals surface area contributed by atoms with Gasteiger partial charge in [-0.1, -0.05) is 20.8 Å². The fourth-order valence-electron chi connectivity index (χ4n) is 6.48. The van der Waals surface area contributed by atoms with Crippen LogP contribution in [0.3, 0.4) is 0 Å². The van der Waals surface area contributed by atoms with E-state index in [-0.39, 0.29) is 17.2 Å². The van der Waals surface area contributed by atoms with Gasteiger partial charge < -0.3 is 9.99 Å². The summed E-state index contributed by atoms with van der Waals surface area (Å²) in [5.41, 5.74) is 0.536. The third kappa shape index (κ3) is 3.79. The maximum Gasteiger partial charge on any atom is 0.332 e. The van der Waals surface area contributed by atoms with Crippen LogP contribution in [0, 0.1) is 11.8 Å². The summed E-state index contributed by atoms with van der Waals surface area (Å²) in [6.45, 7) is 8.28. The minimum Gasteiger partial charge on any atom is -0.336 e. The van der Waals surface area contributed by atoms with Crippen molar-refractivity contribution in [1.82, 2.24) is 28.8 Å². The molecule has 0 spiro atoms. The standard InChI is InChI=1S/C25H37N7O2/c1-4-10-30-23-20(24(33)31(11-5-2)25(30)34)27-22(28-23)19-14-17-7-8-18(15-19)21(17)32(12-6-3)29-13-9-26-16-29/h9,13,16-19,21H,4-8,10-12,14-15H2,1-3H3,(H,27,28). The normalized spacial score (nSPS) is 24.2. The van der Waals surface area contributed by atoms with Gasteiger partial charge in [0.2, 0.25) is 0 Å². The molecule has 0 aliphatic heterocycles. The van der Waals surface area contributed by atoms with Crippen molar-refractivity contribution in [3.63, 3.8) is 0 Å². The maximum atomic E-state index is 13.1. The van der Waals surface area contributed by atoms with Crippen LogP contribution in [0.5, 0.6) is 0 Å². The first-order valence-corrected chi connectivity index (χ1v) is 13.0. The van der Waals surface area contributed by atoms with Gasteiger partial charge in [-0.2, -0.15) is 0 Å². The molecule has 3 heterocycles. The van der Waals surface area contributed by atoms with E-state index in [1.165, 1.54) is 17.4 Å². The molecule has 2 atom stereocenters. The minimum atomic E-state index is -0.237. The summed E-state index contributed by atoms with van der Waals surface area (Å²) in [4.78, 5) is 38.7. The molecule has 0 aromatic carbocycles. The second-order valence-corrected chi connectivity index (χ2v) is 10.1. The molecule has 3 aromatic rings. The first-order chi connectivity index (χ1) is 16.6. The molecule has 5 rings (SSSR count). The van der Waals surface area contributed by atoms with E-state index in [0.717, 1.165) is 44.5 Å². The quantitative estimate of drug-likeness (QED) is 0.522. The number of rotatable bonds is 9. The number of hydrogen-bond acceptors (Lipinski definition) is 5. The molecular weight excluding hydrogens is 430 g/mol. The lowest BCUT2D eigenvalue weighted by Crippen LogP contribution is -2.51. The Morgan fingerprint density at radius 3 is 2.35 bits per heavy atom. The summed E-state index contributed by atoms with van der Waals surface area (Å²) in [6, 6.07) is 0.509. The molecule has 184 valence electrons. The van der Waals surface area contributed by atoms with Crippen molar-refractivity contribution in [2.24, 2.45) is 11.8 Å². The predicted octanol–water partition coefficient (Wildman–Crippen LogP) is 3.22. The Morgan fingerprint density at radius 1 is 1.03 bits per heavy atom. The number of H-pyrrole nitrogens is 1. The van der Waals surface area contributed by atoms with E-state index < -0.39 is 0 Å². The number of nitrogens with zero attached hydrogens (tertiary/aromatic N) is 6. The number of aryl methyl sites for hydroxylation is 1. The molecule has 0 radical (unpaired) electrons. The van der Waals surface area contributed by atoms with Crippen LogP contribution in [-0.4, -0.2) is 41.3 Å². The van der Waals surface area contributed by atoms with E-state index in [1.807, 2.05) is 26.4 Å². The largest absolute Gasteiger partial charge is 0.336 e. The smallest absolute Gasteiger partial charge is 0.332 e. The molecular formula is C25H37N7O2. The molecule has 9 nitrogen and oxygen atoms in total. The molecule has 34 heavy (non-hydrogen) atoms. The third-order valence-electron chi connectivity index (χ3n) is 7.79. The lowest BCUT2D eigenvalue weighted by Gasteiger charge is -2.43. The molecule has 2 unspecified atom stereocenters. The summed E-state index contributed by atoms with van der Waals surface area (Å²) < 4.78 is 5.23. The van der Waals surface area contributed by atoms with Crippen LogP contribution in [0.1, 0.15) is 77.5 Å². The van der Waals surface area contributed by atoms with Gasteiger partial charge in [0.25, 0.3) is 5.56 Å². The van der Waals surface area contributed by atoms with Gasteiger partial charge in [0.1, 0.15) is 17.7 Å². The second-order valence-electron chi connectivity index (χ2n) is 10.1. The van der Waals surface area contributed by atoms with Crippen LogP contribution < -0.4 is 16.3 Å². The Labute approximate surface area is 199 Å². The summed E-state index contributed by atoms with van der Waals surface area (Å²) in [7, 11) is 0. The van der Waals surface area contributed by atoms with Crippen LogP contribution >= 0.6 is 0 Å². The van der Waals surface area contributed by atoms with Crippen molar-refractivity contribution in [3.8, 4) is 0 Å². The molecule has 1 N–H and O–H groups in total. The van der Waals surface area contributed by atoms with Gasteiger partial charge >= 0.3 is 5.69 Å². The predicted molar refractivity (Wildman–Crippen MR) is 133 cm³/mol. The molecule has 2 fully saturated rings. The van der Waals surface area contributed by atoms with Gasteiger partial charge in [0.05, 0.1) is 6.04 Å². The second kappa shape index (κ2) is 9.43. The number of hydrogen-bond donors (Lipinski definition) is 1. The van der Waals surface area contributed by atoms with Gasteiger partial charge in [-0.05, 0) is 56.8 Å². The number of aromatic amines is 1. The third-order valence-corrected chi connectivity index (χ3v) is 7.79. The highest BCUT2D eigenvalue weighted by Gasteiger charge is 2.46. The van der Waals surface area contributed by atoms with Crippen LogP contribution in [0.4, 0.5) is 0 Å². The number of aromatic nitrogens is 6. The number of fused-ring (bicyclic) bond motifs is 3. The molecule has 2 saturated carbocycles. The molecule has 2 aliphatic rings. The first-order valence-electron chi connectivity index (χ1n) is 13.0. The van der Waals surface area contributed by atoms with E-state index in [9.17, 15) is 9.59 Å². The summed E-state index contributed by atoms with van der Waals surface area (Å²) >= 11 is 0. The average molecular weight is 468 g/mol. The monoisotopic (exact) mass is 467 g/mol. The van der Waals surface area contributed by atoms with Crippen molar-refractivity contribution < 1.29 is 0 Å². The van der Waals surface area contributed by atoms with Crippen LogP contribution in [0.15, 0.2) is 28.3 Å². The molecule has 0 amide bonds. The van der Waals surface area contributed by atoms with Gasteiger partial charge in [-0.3, -0.25) is 18.6 Å². The van der Waals surface area contributed by atoms with Gasteiger partial charge in [0.15, 0.2) is 5.65 Å². The van der Waals surface area contributed by atoms with E-state index >= 15 is 0 Å². The Kier molecular flexibility index (Phi) is 6.36.